The van der Waals surface area contributed by atoms with Crippen LogP contribution in [0.25, 0.3) is 28.2 Å². The largest absolute Gasteiger partial charge is 1.00 e. The van der Waals surface area contributed by atoms with Crippen molar-refractivity contribution < 1.29 is 17.2 Å². The second-order valence-corrected chi connectivity index (χ2v) is 8.87. The van der Waals surface area contributed by atoms with E-state index in [9.17, 15) is 4.79 Å². The molecule has 0 aliphatic carbocycles. The Bertz CT molecular complexity index is 1330. The second-order valence-electron chi connectivity index (χ2n) is 8.46. The van der Waals surface area contributed by atoms with Crippen molar-refractivity contribution in [1.29, 1.82) is 0 Å². The molecule has 0 N–H and O–H groups in total. The average Bonchev–Trinajstić information content (AvgIpc) is 2.89. The first-order chi connectivity index (χ1) is 16.7. The number of carbonyl (C=O) groups is 1. The molecule has 1 fully saturated rings. The molecular formula is C29H26Cl2N3O-. The molecule has 0 saturated carbocycles. The molecule has 1 amide bonds. The lowest BCUT2D eigenvalue weighted by Crippen LogP contribution is -3.00. The molecule has 4 nitrogen and oxygen atoms in total. The minimum atomic E-state index is 0. The Morgan fingerprint density at radius 1 is 0.886 bits per heavy atom. The minimum absolute atomic E-state index is 0. The Morgan fingerprint density at radius 2 is 1.57 bits per heavy atom. The summed E-state index contributed by atoms with van der Waals surface area (Å²) >= 11 is 6.44. The molecule has 35 heavy (non-hydrogen) atoms. The van der Waals surface area contributed by atoms with Gasteiger partial charge in [0.1, 0.15) is 0 Å². The van der Waals surface area contributed by atoms with Gasteiger partial charge in [0.2, 0.25) is 0 Å². The summed E-state index contributed by atoms with van der Waals surface area (Å²) in [5, 5.41) is 1.50. The number of benzene rings is 3. The van der Waals surface area contributed by atoms with Crippen molar-refractivity contribution in [2.75, 3.05) is 32.7 Å². The zero-order valence-electron chi connectivity index (χ0n) is 19.3. The van der Waals surface area contributed by atoms with Crippen LogP contribution in [-0.4, -0.2) is 53.4 Å². The van der Waals surface area contributed by atoms with E-state index in [4.69, 9.17) is 16.6 Å². The summed E-state index contributed by atoms with van der Waals surface area (Å²) in [4.78, 5) is 22.7. The van der Waals surface area contributed by atoms with Crippen LogP contribution in [0, 0.1) is 0 Å². The van der Waals surface area contributed by atoms with E-state index in [1.54, 1.807) is 0 Å². The van der Waals surface area contributed by atoms with Gasteiger partial charge in [-0.1, -0.05) is 90.5 Å². The van der Waals surface area contributed by atoms with Gasteiger partial charge in [-0.15, -0.1) is 0 Å². The molecule has 1 aliphatic heterocycles. The molecule has 3 aromatic carbocycles. The maximum atomic E-state index is 13.6. The van der Waals surface area contributed by atoms with E-state index in [1.165, 1.54) is 5.56 Å². The Kier molecular flexibility index (Phi) is 8.19. The van der Waals surface area contributed by atoms with Gasteiger partial charge in [0.15, 0.2) is 0 Å². The molecule has 0 spiro atoms. The molecule has 0 radical (unpaired) electrons. The highest BCUT2D eigenvalue weighted by Gasteiger charge is 2.24. The number of amides is 1. The minimum Gasteiger partial charge on any atom is -1.00 e. The SMILES string of the molecule is O=C(c1cc(-c2ccccc2Cl)nc2ccccc12)N1CCN(C/C=C/c2ccccc2)CC1.[Cl-]. The number of aromatic nitrogens is 1. The molecule has 0 unspecified atom stereocenters. The Labute approximate surface area is 217 Å². The summed E-state index contributed by atoms with van der Waals surface area (Å²) in [5.41, 5.74) is 4.23. The van der Waals surface area contributed by atoms with Gasteiger partial charge in [-0.2, -0.15) is 0 Å². The molecule has 1 aliphatic rings. The van der Waals surface area contributed by atoms with Crippen LogP contribution in [0.4, 0.5) is 0 Å². The number of fused-ring (bicyclic) bond motifs is 1. The van der Waals surface area contributed by atoms with Gasteiger partial charge in [0, 0.05) is 48.7 Å². The van der Waals surface area contributed by atoms with Crippen LogP contribution in [0.15, 0.2) is 91.0 Å². The standard InChI is InChI=1S/C29H26ClN3O.ClH/c30-26-14-6-4-13-24(26)28-21-25(23-12-5-7-15-27(23)31-28)29(34)33-19-17-32(18-20-33)16-8-11-22-9-2-1-3-10-22;/h1-15,21H,16-20H2;1H/p-1/b11-8+;. The van der Waals surface area contributed by atoms with Crippen molar-refractivity contribution in [2.45, 2.75) is 0 Å². The summed E-state index contributed by atoms with van der Waals surface area (Å²) in [5.74, 6) is 0.0476. The van der Waals surface area contributed by atoms with E-state index in [-0.39, 0.29) is 18.3 Å². The van der Waals surface area contributed by atoms with E-state index in [0.29, 0.717) is 23.7 Å². The quantitative estimate of drug-likeness (QED) is 0.420. The number of rotatable bonds is 5. The molecule has 1 saturated heterocycles. The highest BCUT2D eigenvalue weighted by Crippen LogP contribution is 2.30. The first-order valence-corrected chi connectivity index (χ1v) is 11.9. The maximum absolute atomic E-state index is 13.6. The van der Waals surface area contributed by atoms with Crippen LogP contribution < -0.4 is 12.4 Å². The first kappa shape index (κ1) is 24.9. The fourth-order valence-electron chi connectivity index (χ4n) is 4.37. The van der Waals surface area contributed by atoms with Gasteiger partial charge in [-0.3, -0.25) is 9.69 Å². The number of piperazine rings is 1. The van der Waals surface area contributed by atoms with Crippen LogP contribution >= 0.6 is 11.6 Å². The maximum Gasteiger partial charge on any atom is 0.254 e. The number of halogens is 2. The topological polar surface area (TPSA) is 36.4 Å². The number of hydrogen-bond acceptors (Lipinski definition) is 3. The Morgan fingerprint density at radius 3 is 2.34 bits per heavy atom. The van der Waals surface area contributed by atoms with Gasteiger partial charge >= 0.3 is 0 Å². The van der Waals surface area contributed by atoms with Crippen LogP contribution in [0.3, 0.4) is 0 Å². The van der Waals surface area contributed by atoms with Gasteiger partial charge in [-0.25, -0.2) is 4.98 Å². The lowest BCUT2D eigenvalue weighted by atomic mass is 10.0. The summed E-state index contributed by atoms with van der Waals surface area (Å²) in [6, 6.07) is 27.6. The number of carbonyl (C=O) groups excluding carboxylic acids is 1. The van der Waals surface area contributed by atoms with Gasteiger partial charge in [0.05, 0.1) is 16.8 Å². The van der Waals surface area contributed by atoms with E-state index in [2.05, 4.69) is 29.2 Å². The molecule has 0 atom stereocenters. The monoisotopic (exact) mass is 502 g/mol. The van der Waals surface area contributed by atoms with Crippen LogP contribution in [-0.2, 0) is 0 Å². The molecule has 4 aromatic rings. The van der Waals surface area contributed by atoms with E-state index >= 15 is 0 Å². The lowest BCUT2D eigenvalue weighted by Gasteiger charge is -2.34. The van der Waals surface area contributed by atoms with Crippen molar-refractivity contribution >= 4 is 34.5 Å². The van der Waals surface area contributed by atoms with Crippen molar-refractivity contribution in [3.63, 3.8) is 0 Å². The average molecular weight is 503 g/mol. The zero-order chi connectivity index (χ0) is 23.3. The predicted molar refractivity (Wildman–Crippen MR) is 140 cm³/mol. The van der Waals surface area contributed by atoms with Crippen molar-refractivity contribution in [2.24, 2.45) is 0 Å². The van der Waals surface area contributed by atoms with E-state index < -0.39 is 0 Å². The van der Waals surface area contributed by atoms with Crippen LogP contribution in [0.5, 0.6) is 0 Å². The van der Waals surface area contributed by atoms with Crippen molar-refractivity contribution in [1.82, 2.24) is 14.8 Å². The third-order valence-electron chi connectivity index (χ3n) is 6.23. The van der Waals surface area contributed by atoms with Gasteiger partial charge in [-0.05, 0) is 23.8 Å². The third-order valence-corrected chi connectivity index (χ3v) is 6.56. The second kappa shape index (κ2) is 11.5. The molecule has 0 bridgehead atoms. The first-order valence-electron chi connectivity index (χ1n) is 11.6. The number of pyridine rings is 1. The molecule has 6 heteroatoms. The van der Waals surface area contributed by atoms with Gasteiger partial charge < -0.3 is 17.3 Å². The third kappa shape index (κ3) is 5.73. The lowest BCUT2D eigenvalue weighted by molar-refractivity contribution is -0.0000171. The Hall–Kier alpha value is -3.18. The molecule has 178 valence electrons. The predicted octanol–water partition coefficient (Wildman–Crippen LogP) is 3.03. The summed E-state index contributed by atoms with van der Waals surface area (Å²) in [7, 11) is 0. The van der Waals surface area contributed by atoms with E-state index in [1.807, 2.05) is 77.7 Å². The number of para-hydroxylation sites is 1. The van der Waals surface area contributed by atoms with Crippen molar-refractivity contribution in [3.05, 3.63) is 107 Å². The fraction of sp³-hybridized carbons (Fsp3) is 0.172. The van der Waals surface area contributed by atoms with E-state index in [0.717, 1.165) is 41.8 Å². The molecule has 1 aromatic heterocycles. The van der Waals surface area contributed by atoms with Crippen LogP contribution in [0.2, 0.25) is 5.02 Å². The highest BCUT2D eigenvalue weighted by atomic mass is 35.5. The molecular weight excluding hydrogens is 477 g/mol. The Balaban J connectivity index is 0.00000289. The summed E-state index contributed by atoms with van der Waals surface area (Å²) < 4.78 is 0. The molecule has 5 rings (SSSR count). The summed E-state index contributed by atoms with van der Waals surface area (Å²) in [6.07, 6.45) is 4.34. The fourth-order valence-corrected chi connectivity index (χ4v) is 4.60. The number of nitrogens with zero attached hydrogens (tertiary/aromatic N) is 3. The smallest absolute Gasteiger partial charge is 0.254 e. The summed E-state index contributed by atoms with van der Waals surface area (Å²) in [6.45, 7) is 3.99. The molecule has 2 heterocycles. The number of hydrogen-bond donors (Lipinski definition) is 0. The van der Waals surface area contributed by atoms with Crippen molar-refractivity contribution in [3.8, 4) is 11.3 Å². The van der Waals surface area contributed by atoms with Crippen LogP contribution in [0.1, 0.15) is 15.9 Å². The normalized spacial score (nSPS) is 14.3. The highest BCUT2D eigenvalue weighted by molar-refractivity contribution is 6.33. The van der Waals surface area contributed by atoms with Gasteiger partial charge in [0.25, 0.3) is 5.91 Å². The zero-order valence-corrected chi connectivity index (χ0v) is 20.8.